The Bertz CT molecular complexity index is 603. The maximum Gasteiger partial charge on any atom is 0.241 e. The van der Waals surface area contributed by atoms with E-state index >= 15 is 0 Å². The van der Waals surface area contributed by atoms with E-state index in [1.54, 1.807) is 12.1 Å². The average molecular weight is 333 g/mol. The Balaban J connectivity index is 2.29. The lowest BCUT2D eigenvalue weighted by Crippen LogP contribution is -2.49. The molecule has 6 nitrogen and oxygen atoms in total. The molecule has 0 aliphatic heterocycles. The standard InChI is InChI=1S/C13H19NO5S2/c1-8-2-4-9(5-3-8)21(18,19)14-13(20)6-11(16)12(17)10(13)7-15/h2-5,10-12,14-17,20H,6-7H2,1H3/t10-,11-,12-,13?/m0/s1. The van der Waals surface area contributed by atoms with Gasteiger partial charge >= 0.3 is 0 Å². The lowest BCUT2D eigenvalue weighted by atomic mass is 10.0. The Morgan fingerprint density at radius 3 is 2.43 bits per heavy atom. The molecule has 1 fully saturated rings. The zero-order chi connectivity index (χ0) is 15.8. The van der Waals surface area contributed by atoms with Gasteiger partial charge in [-0.3, -0.25) is 0 Å². The molecule has 0 aromatic heterocycles. The summed E-state index contributed by atoms with van der Waals surface area (Å²) in [5.41, 5.74) is 0.925. The van der Waals surface area contributed by atoms with Gasteiger partial charge in [-0.15, -0.1) is 0 Å². The zero-order valence-corrected chi connectivity index (χ0v) is 13.2. The summed E-state index contributed by atoms with van der Waals surface area (Å²) in [5, 5.41) is 28.8. The van der Waals surface area contributed by atoms with Gasteiger partial charge in [0.25, 0.3) is 0 Å². The smallest absolute Gasteiger partial charge is 0.241 e. The van der Waals surface area contributed by atoms with Crippen molar-refractivity contribution >= 4 is 22.7 Å². The van der Waals surface area contributed by atoms with Gasteiger partial charge in [-0.2, -0.15) is 17.4 Å². The van der Waals surface area contributed by atoms with Crippen molar-refractivity contribution < 1.29 is 23.7 Å². The third kappa shape index (κ3) is 3.25. The van der Waals surface area contributed by atoms with Crippen LogP contribution >= 0.6 is 12.6 Å². The fourth-order valence-corrected chi connectivity index (χ4v) is 4.62. The molecule has 0 spiro atoms. The number of hydrogen-bond donors (Lipinski definition) is 5. The quantitative estimate of drug-likeness (QED) is 0.382. The second-order valence-electron chi connectivity index (χ2n) is 5.39. The highest BCUT2D eigenvalue weighted by Crippen LogP contribution is 2.40. The Morgan fingerprint density at radius 1 is 1.33 bits per heavy atom. The van der Waals surface area contributed by atoms with Crippen LogP contribution in [0.4, 0.5) is 0 Å². The number of thiol groups is 1. The fourth-order valence-electron chi connectivity index (χ4n) is 2.53. The number of sulfonamides is 1. The maximum absolute atomic E-state index is 12.4. The molecule has 1 unspecified atom stereocenters. The highest BCUT2D eigenvalue weighted by molar-refractivity contribution is 7.91. The van der Waals surface area contributed by atoms with Gasteiger partial charge in [0.1, 0.15) is 0 Å². The van der Waals surface area contributed by atoms with Crippen LogP contribution < -0.4 is 4.72 Å². The fraction of sp³-hybridized carbons (Fsp3) is 0.538. The summed E-state index contributed by atoms with van der Waals surface area (Å²) >= 11 is 4.27. The van der Waals surface area contributed by atoms with Gasteiger partial charge in [-0.05, 0) is 19.1 Å². The Hall–Kier alpha value is -0.640. The summed E-state index contributed by atoms with van der Waals surface area (Å²) in [5.74, 6) is -0.893. The van der Waals surface area contributed by atoms with Crippen molar-refractivity contribution in [3.63, 3.8) is 0 Å². The van der Waals surface area contributed by atoms with Crippen LogP contribution in [0, 0.1) is 12.8 Å². The van der Waals surface area contributed by atoms with Crippen LogP contribution in [-0.2, 0) is 10.0 Å². The van der Waals surface area contributed by atoms with Crippen LogP contribution in [0.25, 0.3) is 0 Å². The number of benzene rings is 1. The second kappa shape index (κ2) is 5.86. The van der Waals surface area contributed by atoms with Crippen molar-refractivity contribution in [2.24, 2.45) is 5.92 Å². The summed E-state index contributed by atoms with van der Waals surface area (Å²) < 4.78 is 27.1. The minimum atomic E-state index is -3.87. The Morgan fingerprint density at radius 2 is 1.90 bits per heavy atom. The van der Waals surface area contributed by atoms with E-state index in [2.05, 4.69) is 17.4 Å². The number of rotatable bonds is 4. The molecule has 0 amide bonds. The van der Waals surface area contributed by atoms with E-state index < -0.39 is 39.6 Å². The van der Waals surface area contributed by atoms with Crippen LogP contribution in [0.2, 0.25) is 0 Å². The lowest BCUT2D eigenvalue weighted by molar-refractivity contribution is 0.00456. The molecule has 0 bridgehead atoms. The molecule has 118 valence electrons. The summed E-state index contributed by atoms with van der Waals surface area (Å²) in [6.07, 6.45) is -2.46. The number of aryl methyl sites for hydroxylation is 1. The van der Waals surface area contributed by atoms with Gasteiger partial charge in [0.2, 0.25) is 10.0 Å². The van der Waals surface area contributed by atoms with Crippen molar-refractivity contribution in [3.05, 3.63) is 29.8 Å². The molecule has 0 saturated heterocycles. The van der Waals surface area contributed by atoms with Crippen molar-refractivity contribution in [1.82, 2.24) is 4.72 Å². The summed E-state index contributed by atoms with van der Waals surface area (Å²) in [4.78, 5) is -1.34. The predicted octanol–water partition coefficient (Wildman–Crippen LogP) is -0.367. The van der Waals surface area contributed by atoms with Crippen LogP contribution in [0.3, 0.4) is 0 Å². The third-order valence-corrected chi connectivity index (χ3v) is 6.08. The molecule has 1 aromatic carbocycles. The largest absolute Gasteiger partial charge is 0.396 e. The van der Waals surface area contributed by atoms with E-state index in [1.807, 2.05) is 6.92 Å². The summed E-state index contributed by atoms with van der Waals surface area (Å²) in [6, 6.07) is 6.26. The number of nitrogens with one attached hydrogen (secondary N) is 1. The number of aliphatic hydroxyl groups excluding tert-OH is 3. The predicted molar refractivity (Wildman–Crippen MR) is 80.4 cm³/mol. The van der Waals surface area contributed by atoms with Crippen molar-refractivity contribution in [3.8, 4) is 0 Å². The Kier molecular flexibility index (Phi) is 4.67. The summed E-state index contributed by atoms with van der Waals surface area (Å²) in [7, 11) is -3.87. The molecule has 21 heavy (non-hydrogen) atoms. The zero-order valence-electron chi connectivity index (χ0n) is 11.5. The molecule has 1 aliphatic rings. The monoisotopic (exact) mass is 333 g/mol. The van der Waals surface area contributed by atoms with E-state index in [0.717, 1.165) is 5.56 Å². The van der Waals surface area contributed by atoms with Gasteiger partial charge in [0, 0.05) is 12.3 Å². The van der Waals surface area contributed by atoms with E-state index in [1.165, 1.54) is 12.1 Å². The first kappa shape index (κ1) is 16.7. The average Bonchev–Trinajstić information content (AvgIpc) is 2.58. The highest BCUT2D eigenvalue weighted by atomic mass is 32.2. The minimum absolute atomic E-state index is 0.0640. The SMILES string of the molecule is Cc1ccc(S(=O)(=O)NC2(S)C[C@H](O)[C@@H](O)[C@@H]2CO)cc1. The number of hydrogen-bond acceptors (Lipinski definition) is 6. The van der Waals surface area contributed by atoms with Gasteiger partial charge in [-0.1, -0.05) is 17.7 Å². The van der Waals surface area contributed by atoms with Crippen LogP contribution in [0.15, 0.2) is 29.2 Å². The molecule has 4 N–H and O–H groups in total. The first-order chi connectivity index (χ1) is 9.69. The first-order valence-corrected chi connectivity index (χ1v) is 8.42. The van der Waals surface area contributed by atoms with E-state index in [9.17, 15) is 23.7 Å². The number of aliphatic hydroxyl groups is 3. The lowest BCUT2D eigenvalue weighted by Gasteiger charge is -2.30. The Labute approximate surface area is 129 Å². The van der Waals surface area contributed by atoms with Gasteiger partial charge in [0.05, 0.1) is 28.6 Å². The van der Waals surface area contributed by atoms with Gasteiger partial charge < -0.3 is 15.3 Å². The van der Waals surface area contributed by atoms with E-state index in [0.29, 0.717) is 0 Å². The normalized spacial score (nSPS) is 33.3. The molecule has 2 rings (SSSR count). The van der Waals surface area contributed by atoms with Crippen molar-refractivity contribution in [2.45, 2.75) is 35.3 Å². The third-order valence-electron chi connectivity index (χ3n) is 3.78. The first-order valence-electron chi connectivity index (χ1n) is 6.49. The molecular weight excluding hydrogens is 314 g/mol. The molecule has 8 heteroatoms. The maximum atomic E-state index is 12.4. The molecule has 4 atom stereocenters. The second-order valence-corrected chi connectivity index (χ2v) is 7.87. The van der Waals surface area contributed by atoms with Crippen molar-refractivity contribution in [1.29, 1.82) is 0 Å². The van der Waals surface area contributed by atoms with Crippen LogP contribution in [0.5, 0.6) is 0 Å². The molecular formula is C13H19NO5S2. The minimum Gasteiger partial charge on any atom is -0.396 e. The molecule has 1 aromatic rings. The molecule has 1 saturated carbocycles. The van der Waals surface area contributed by atoms with Crippen LogP contribution in [0.1, 0.15) is 12.0 Å². The van der Waals surface area contributed by atoms with Gasteiger partial charge in [-0.25, -0.2) is 8.42 Å². The highest BCUT2D eigenvalue weighted by Gasteiger charge is 2.52. The van der Waals surface area contributed by atoms with Crippen LogP contribution in [-0.4, -0.2) is 47.4 Å². The topological polar surface area (TPSA) is 107 Å². The van der Waals surface area contributed by atoms with E-state index in [-0.39, 0.29) is 11.3 Å². The van der Waals surface area contributed by atoms with Gasteiger partial charge in [0.15, 0.2) is 0 Å². The molecule has 0 heterocycles. The molecule has 1 aliphatic carbocycles. The molecule has 0 radical (unpaired) electrons. The van der Waals surface area contributed by atoms with Crippen molar-refractivity contribution in [2.75, 3.05) is 6.61 Å². The summed E-state index contributed by atoms with van der Waals surface area (Å²) in [6.45, 7) is 1.35. The van der Waals surface area contributed by atoms with E-state index in [4.69, 9.17) is 0 Å².